The molecule has 1 aliphatic heterocycles. The van der Waals surface area contributed by atoms with Gasteiger partial charge in [0.15, 0.2) is 0 Å². The Labute approximate surface area is 160 Å². The SMILES string of the molecule is COC(=O)[C@@H]1C[C@H]2CC[C@@H](O)C[C@H]2N1Cc1ccc(-c2ccccc2)cc1. The van der Waals surface area contributed by atoms with E-state index in [1.165, 1.54) is 23.8 Å². The molecule has 0 spiro atoms. The van der Waals surface area contributed by atoms with Crippen LogP contribution in [0, 0.1) is 5.92 Å². The van der Waals surface area contributed by atoms with E-state index in [4.69, 9.17) is 4.74 Å². The predicted molar refractivity (Wildman–Crippen MR) is 105 cm³/mol. The molecule has 1 saturated heterocycles. The van der Waals surface area contributed by atoms with Crippen LogP contribution in [-0.4, -0.2) is 41.3 Å². The Hall–Kier alpha value is -2.17. The topological polar surface area (TPSA) is 49.8 Å². The van der Waals surface area contributed by atoms with Crippen molar-refractivity contribution in [3.8, 4) is 11.1 Å². The molecule has 2 aromatic carbocycles. The predicted octanol–water partition coefficient (Wildman–Crippen LogP) is 3.63. The van der Waals surface area contributed by atoms with Gasteiger partial charge in [-0.05, 0) is 48.3 Å². The van der Waals surface area contributed by atoms with E-state index in [-0.39, 0.29) is 24.2 Å². The average molecular weight is 365 g/mol. The van der Waals surface area contributed by atoms with E-state index < -0.39 is 0 Å². The normalized spacial score (nSPS) is 27.9. The first-order chi connectivity index (χ1) is 13.2. The van der Waals surface area contributed by atoms with Gasteiger partial charge in [-0.2, -0.15) is 0 Å². The molecule has 142 valence electrons. The second-order valence-corrected chi connectivity index (χ2v) is 7.80. The van der Waals surface area contributed by atoms with Gasteiger partial charge < -0.3 is 9.84 Å². The Morgan fingerprint density at radius 3 is 2.44 bits per heavy atom. The number of hydrogen-bond acceptors (Lipinski definition) is 4. The minimum Gasteiger partial charge on any atom is -0.468 e. The van der Waals surface area contributed by atoms with Crippen LogP contribution in [0.15, 0.2) is 54.6 Å². The summed E-state index contributed by atoms with van der Waals surface area (Å²) in [6.07, 6.45) is 3.16. The fraction of sp³-hybridized carbons (Fsp3) is 0.435. The minimum atomic E-state index is -0.259. The lowest BCUT2D eigenvalue weighted by Crippen LogP contribution is -2.44. The molecule has 0 aromatic heterocycles. The highest BCUT2D eigenvalue weighted by Gasteiger charge is 2.47. The monoisotopic (exact) mass is 365 g/mol. The molecule has 0 unspecified atom stereocenters. The van der Waals surface area contributed by atoms with Crippen LogP contribution >= 0.6 is 0 Å². The van der Waals surface area contributed by atoms with Gasteiger partial charge in [0, 0.05) is 12.6 Å². The minimum absolute atomic E-state index is 0.153. The van der Waals surface area contributed by atoms with Crippen molar-refractivity contribution in [2.45, 2.75) is 50.4 Å². The zero-order chi connectivity index (χ0) is 18.8. The van der Waals surface area contributed by atoms with Crippen LogP contribution in [0.25, 0.3) is 11.1 Å². The number of methoxy groups -OCH3 is 1. The maximum atomic E-state index is 12.4. The maximum absolute atomic E-state index is 12.4. The molecular weight excluding hydrogens is 338 g/mol. The first-order valence-corrected chi connectivity index (χ1v) is 9.81. The van der Waals surface area contributed by atoms with E-state index in [1.54, 1.807) is 0 Å². The van der Waals surface area contributed by atoms with Gasteiger partial charge in [0.1, 0.15) is 6.04 Å². The Bertz CT molecular complexity index is 774. The van der Waals surface area contributed by atoms with Crippen molar-refractivity contribution in [3.05, 3.63) is 60.2 Å². The smallest absolute Gasteiger partial charge is 0.323 e. The van der Waals surface area contributed by atoms with E-state index in [2.05, 4.69) is 41.3 Å². The van der Waals surface area contributed by atoms with Gasteiger partial charge in [0.25, 0.3) is 0 Å². The number of hydrogen-bond donors (Lipinski definition) is 1. The van der Waals surface area contributed by atoms with Crippen molar-refractivity contribution in [3.63, 3.8) is 0 Å². The second-order valence-electron chi connectivity index (χ2n) is 7.80. The fourth-order valence-corrected chi connectivity index (χ4v) is 4.76. The zero-order valence-electron chi connectivity index (χ0n) is 15.8. The highest BCUT2D eigenvalue weighted by molar-refractivity contribution is 5.76. The quantitative estimate of drug-likeness (QED) is 0.841. The zero-order valence-corrected chi connectivity index (χ0v) is 15.8. The van der Waals surface area contributed by atoms with Crippen molar-refractivity contribution in [1.29, 1.82) is 0 Å². The van der Waals surface area contributed by atoms with E-state index in [0.29, 0.717) is 12.5 Å². The third kappa shape index (κ3) is 3.78. The third-order valence-corrected chi connectivity index (χ3v) is 6.18. The Kier molecular flexibility index (Phi) is 5.28. The second kappa shape index (κ2) is 7.83. The van der Waals surface area contributed by atoms with E-state index in [9.17, 15) is 9.90 Å². The number of ether oxygens (including phenoxy) is 1. The lowest BCUT2D eigenvalue weighted by atomic mass is 9.83. The number of carbonyl (C=O) groups excluding carboxylic acids is 1. The molecule has 4 nitrogen and oxygen atoms in total. The molecule has 1 saturated carbocycles. The lowest BCUT2D eigenvalue weighted by Gasteiger charge is -2.35. The van der Waals surface area contributed by atoms with Gasteiger partial charge in [0.05, 0.1) is 13.2 Å². The molecule has 0 bridgehead atoms. The number of fused-ring (bicyclic) bond motifs is 1. The molecule has 4 rings (SSSR count). The van der Waals surface area contributed by atoms with Crippen molar-refractivity contribution in [2.75, 3.05) is 7.11 Å². The first-order valence-electron chi connectivity index (χ1n) is 9.81. The van der Waals surface area contributed by atoms with Crippen LogP contribution in [0.5, 0.6) is 0 Å². The number of aliphatic hydroxyl groups excluding tert-OH is 1. The molecule has 0 amide bonds. The molecule has 2 aromatic rings. The summed E-state index contributed by atoms with van der Waals surface area (Å²) in [5.41, 5.74) is 3.58. The van der Waals surface area contributed by atoms with Crippen LogP contribution < -0.4 is 0 Å². The summed E-state index contributed by atoms with van der Waals surface area (Å²) in [4.78, 5) is 14.6. The summed E-state index contributed by atoms with van der Waals surface area (Å²) in [5.74, 6) is 0.320. The first kappa shape index (κ1) is 18.2. The van der Waals surface area contributed by atoms with E-state index in [0.717, 1.165) is 25.7 Å². The van der Waals surface area contributed by atoms with Crippen molar-refractivity contribution in [2.24, 2.45) is 5.92 Å². The molecule has 2 aliphatic rings. The summed E-state index contributed by atoms with van der Waals surface area (Å²) in [7, 11) is 1.46. The molecule has 4 heteroatoms. The summed E-state index contributed by atoms with van der Waals surface area (Å²) in [6, 6.07) is 18.9. The van der Waals surface area contributed by atoms with E-state index >= 15 is 0 Å². The number of benzene rings is 2. The number of rotatable bonds is 4. The molecule has 1 aliphatic carbocycles. The fourth-order valence-electron chi connectivity index (χ4n) is 4.76. The summed E-state index contributed by atoms with van der Waals surface area (Å²) >= 11 is 0. The Balaban J connectivity index is 1.54. The maximum Gasteiger partial charge on any atom is 0.323 e. The van der Waals surface area contributed by atoms with Crippen molar-refractivity contribution >= 4 is 5.97 Å². The van der Waals surface area contributed by atoms with E-state index in [1.807, 2.05) is 18.2 Å². The van der Waals surface area contributed by atoms with Gasteiger partial charge in [-0.3, -0.25) is 9.69 Å². The van der Waals surface area contributed by atoms with Crippen molar-refractivity contribution in [1.82, 2.24) is 4.90 Å². The summed E-state index contributed by atoms with van der Waals surface area (Å²) in [5, 5.41) is 10.1. The van der Waals surface area contributed by atoms with Crippen LogP contribution in [0.1, 0.15) is 31.2 Å². The number of aliphatic hydroxyl groups is 1. The highest BCUT2D eigenvalue weighted by atomic mass is 16.5. The molecule has 4 atom stereocenters. The van der Waals surface area contributed by atoms with Crippen LogP contribution in [-0.2, 0) is 16.1 Å². The number of nitrogens with zero attached hydrogens (tertiary/aromatic N) is 1. The number of likely N-dealkylation sites (tertiary alicyclic amines) is 1. The Morgan fingerprint density at radius 2 is 1.74 bits per heavy atom. The number of carbonyl (C=O) groups is 1. The van der Waals surface area contributed by atoms with Crippen molar-refractivity contribution < 1.29 is 14.6 Å². The average Bonchev–Trinajstić information content (AvgIpc) is 3.06. The molecule has 1 N–H and O–H groups in total. The van der Waals surface area contributed by atoms with Gasteiger partial charge in [0.2, 0.25) is 0 Å². The van der Waals surface area contributed by atoms with Gasteiger partial charge in [-0.1, -0.05) is 54.6 Å². The molecule has 1 heterocycles. The van der Waals surface area contributed by atoms with Gasteiger partial charge in [-0.25, -0.2) is 0 Å². The van der Waals surface area contributed by atoms with Gasteiger partial charge in [-0.15, -0.1) is 0 Å². The summed E-state index contributed by atoms with van der Waals surface area (Å²) in [6.45, 7) is 0.711. The third-order valence-electron chi connectivity index (χ3n) is 6.18. The molecule has 0 radical (unpaired) electrons. The highest BCUT2D eigenvalue weighted by Crippen LogP contribution is 2.41. The largest absolute Gasteiger partial charge is 0.468 e. The molecular formula is C23H27NO3. The Morgan fingerprint density at radius 1 is 1.04 bits per heavy atom. The van der Waals surface area contributed by atoms with Crippen LogP contribution in [0.3, 0.4) is 0 Å². The summed E-state index contributed by atoms with van der Waals surface area (Å²) < 4.78 is 5.07. The standard InChI is InChI=1S/C23H27NO3/c1-27-23(26)22-13-19-11-12-20(25)14-21(19)24(22)15-16-7-9-18(10-8-16)17-5-3-2-4-6-17/h2-10,19-22,25H,11-15H2,1H3/t19-,20-,21-,22+/m1/s1. The molecule has 2 fully saturated rings. The molecule has 27 heavy (non-hydrogen) atoms. The lowest BCUT2D eigenvalue weighted by molar-refractivity contribution is -0.146. The van der Waals surface area contributed by atoms with Crippen LogP contribution in [0.2, 0.25) is 0 Å². The van der Waals surface area contributed by atoms with Gasteiger partial charge >= 0.3 is 5.97 Å². The number of esters is 1. The van der Waals surface area contributed by atoms with Crippen LogP contribution in [0.4, 0.5) is 0 Å².